The Morgan fingerprint density at radius 3 is 2.06 bits per heavy atom. The molecule has 0 aliphatic rings. The van der Waals surface area contributed by atoms with Crippen LogP contribution in [-0.2, 0) is 29.4 Å². The lowest BCUT2D eigenvalue weighted by molar-refractivity contribution is 0.0947. The Balaban J connectivity index is 1.55. The number of unbranched alkanes of at least 4 members (excludes halogenated alkanes) is 1. The number of benzene rings is 3. The van der Waals surface area contributed by atoms with E-state index >= 15 is 0 Å². The van der Waals surface area contributed by atoms with Gasteiger partial charge in [-0.05, 0) is 72.4 Å². The third kappa shape index (κ3) is 8.12. The lowest BCUT2D eigenvalue weighted by Crippen LogP contribution is -2.29. The van der Waals surface area contributed by atoms with Crippen LogP contribution >= 0.6 is 0 Å². The number of carbonyl (C=O) groups excluding carboxylic acids is 1. The quantitative estimate of drug-likeness (QED) is 0.315. The molecule has 36 heavy (non-hydrogen) atoms. The molecule has 0 aliphatic carbocycles. The van der Waals surface area contributed by atoms with E-state index in [1.807, 2.05) is 48.5 Å². The second-order valence-corrected chi connectivity index (χ2v) is 10.7. The van der Waals surface area contributed by atoms with Crippen LogP contribution in [0.2, 0.25) is 0 Å². The Morgan fingerprint density at radius 2 is 1.47 bits per heavy atom. The highest BCUT2D eigenvalue weighted by Gasteiger charge is 2.18. The molecule has 0 aliphatic heterocycles. The summed E-state index contributed by atoms with van der Waals surface area (Å²) in [4.78, 5) is 12.5. The van der Waals surface area contributed by atoms with E-state index in [1.165, 1.54) is 21.7 Å². The van der Waals surface area contributed by atoms with Gasteiger partial charge in [0.2, 0.25) is 10.0 Å². The third-order valence-electron chi connectivity index (χ3n) is 5.97. The molecule has 0 saturated heterocycles. The first kappa shape index (κ1) is 27.3. The summed E-state index contributed by atoms with van der Waals surface area (Å²) >= 11 is 0. The first-order chi connectivity index (χ1) is 17.3. The van der Waals surface area contributed by atoms with Gasteiger partial charge in [0.15, 0.2) is 0 Å². The Morgan fingerprint density at radius 1 is 0.861 bits per heavy atom. The van der Waals surface area contributed by atoms with Crippen molar-refractivity contribution in [2.24, 2.45) is 0 Å². The van der Waals surface area contributed by atoms with Gasteiger partial charge in [0, 0.05) is 5.56 Å². The molecule has 0 unspecified atom stereocenters. The molecule has 0 heterocycles. The molecule has 0 aromatic heterocycles. The number of carbonyl (C=O) groups is 1. The third-order valence-corrected chi connectivity index (χ3v) is 7.11. The van der Waals surface area contributed by atoms with Gasteiger partial charge >= 0.3 is 0 Å². The molecular formula is C29H36N2O4S. The second kappa shape index (κ2) is 13.1. The monoisotopic (exact) mass is 508 g/mol. The number of nitrogens with zero attached hydrogens (tertiary/aromatic N) is 1. The van der Waals surface area contributed by atoms with Crippen LogP contribution in [0, 0.1) is 0 Å². The zero-order valence-corrected chi connectivity index (χ0v) is 22.2. The summed E-state index contributed by atoms with van der Waals surface area (Å²) in [6.45, 7) is 5.20. The van der Waals surface area contributed by atoms with Gasteiger partial charge in [0.05, 0.1) is 25.0 Å². The fraction of sp³-hybridized carbons (Fsp3) is 0.345. The standard InChI is InChI=1S/C29H36N2O4S/c1-4-6-7-24-10-16-27(17-11-24)31(36(3,33)34)22-25-8-14-26(15-9-25)29(32)30-20-21-35-28-18-12-23(5-2)13-19-28/h8-19H,4-7,20-22H2,1-3H3,(H,30,32). The van der Waals surface area contributed by atoms with Gasteiger partial charge in [-0.1, -0.05) is 56.7 Å². The van der Waals surface area contributed by atoms with Crippen molar-refractivity contribution in [3.63, 3.8) is 0 Å². The molecule has 0 atom stereocenters. The molecule has 0 spiro atoms. The fourth-order valence-electron chi connectivity index (χ4n) is 3.79. The average Bonchev–Trinajstić information content (AvgIpc) is 2.89. The van der Waals surface area contributed by atoms with E-state index in [4.69, 9.17) is 4.74 Å². The van der Waals surface area contributed by atoms with Gasteiger partial charge in [-0.3, -0.25) is 9.10 Å². The zero-order chi connectivity index (χ0) is 26.0. The van der Waals surface area contributed by atoms with Crippen molar-refractivity contribution >= 4 is 21.6 Å². The van der Waals surface area contributed by atoms with E-state index in [0.29, 0.717) is 24.4 Å². The van der Waals surface area contributed by atoms with E-state index in [1.54, 1.807) is 24.3 Å². The van der Waals surface area contributed by atoms with Crippen molar-refractivity contribution in [2.45, 2.75) is 46.1 Å². The van der Waals surface area contributed by atoms with Gasteiger partial charge in [0.1, 0.15) is 12.4 Å². The smallest absolute Gasteiger partial charge is 0.251 e. The van der Waals surface area contributed by atoms with Gasteiger partial charge < -0.3 is 10.1 Å². The molecule has 3 aromatic rings. The molecule has 3 rings (SSSR count). The Kier molecular flexibility index (Phi) is 9.94. The number of ether oxygens (including phenoxy) is 1. The number of nitrogens with one attached hydrogen (secondary N) is 1. The predicted molar refractivity (Wildman–Crippen MR) is 146 cm³/mol. The molecular weight excluding hydrogens is 472 g/mol. The Hall–Kier alpha value is -3.32. The zero-order valence-electron chi connectivity index (χ0n) is 21.4. The van der Waals surface area contributed by atoms with Crippen molar-refractivity contribution < 1.29 is 17.9 Å². The first-order valence-corrected chi connectivity index (χ1v) is 14.3. The summed E-state index contributed by atoms with van der Waals surface area (Å²) in [5, 5.41) is 2.85. The number of anilines is 1. The lowest BCUT2D eigenvalue weighted by atomic mass is 10.1. The number of rotatable bonds is 13. The highest BCUT2D eigenvalue weighted by atomic mass is 32.2. The van der Waals surface area contributed by atoms with Crippen molar-refractivity contribution in [3.05, 3.63) is 95.1 Å². The maximum absolute atomic E-state index is 12.5. The van der Waals surface area contributed by atoms with Gasteiger partial charge in [-0.15, -0.1) is 0 Å². The minimum absolute atomic E-state index is 0.194. The fourth-order valence-corrected chi connectivity index (χ4v) is 4.68. The molecule has 7 heteroatoms. The molecule has 0 saturated carbocycles. The Bertz CT molecular complexity index is 1210. The number of aryl methyl sites for hydroxylation is 2. The van der Waals surface area contributed by atoms with Crippen LogP contribution in [0.15, 0.2) is 72.8 Å². The van der Waals surface area contributed by atoms with E-state index in [-0.39, 0.29) is 12.5 Å². The summed E-state index contributed by atoms with van der Waals surface area (Å²) in [7, 11) is -3.47. The molecule has 0 bridgehead atoms. The molecule has 3 aromatic carbocycles. The van der Waals surface area contributed by atoms with Crippen LogP contribution in [0.1, 0.15) is 53.7 Å². The highest BCUT2D eigenvalue weighted by molar-refractivity contribution is 7.92. The number of amides is 1. The predicted octanol–water partition coefficient (Wildman–Crippen LogP) is 5.37. The van der Waals surface area contributed by atoms with Crippen LogP contribution in [-0.4, -0.2) is 33.7 Å². The van der Waals surface area contributed by atoms with Crippen molar-refractivity contribution in [3.8, 4) is 5.75 Å². The molecule has 1 amide bonds. The van der Waals surface area contributed by atoms with Gasteiger partial charge in [-0.25, -0.2) is 8.42 Å². The summed E-state index contributed by atoms with van der Waals surface area (Å²) < 4.78 is 32.1. The lowest BCUT2D eigenvalue weighted by Gasteiger charge is -2.23. The molecule has 0 fully saturated rings. The summed E-state index contributed by atoms with van der Waals surface area (Å²) in [5.41, 5.74) is 4.38. The van der Waals surface area contributed by atoms with E-state index in [0.717, 1.165) is 37.0 Å². The summed E-state index contributed by atoms with van der Waals surface area (Å²) in [5.74, 6) is 0.575. The maximum atomic E-state index is 12.5. The number of sulfonamides is 1. The maximum Gasteiger partial charge on any atom is 0.251 e. The number of hydrogen-bond acceptors (Lipinski definition) is 4. The van der Waals surface area contributed by atoms with Gasteiger partial charge in [-0.2, -0.15) is 0 Å². The van der Waals surface area contributed by atoms with Crippen LogP contribution < -0.4 is 14.4 Å². The first-order valence-electron chi connectivity index (χ1n) is 12.5. The normalized spacial score (nSPS) is 11.2. The minimum atomic E-state index is -3.47. The van der Waals surface area contributed by atoms with Crippen LogP contribution in [0.3, 0.4) is 0 Å². The second-order valence-electron chi connectivity index (χ2n) is 8.84. The molecule has 192 valence electrons. The van der Waals surface area contributed by atoms with E-state index < -0.39 is 10.0 Å². The molecule has 1 N–H and O–H groups in total. The SMILES string of the molecule is CCCCc1ccc(N(Cc2ccc(C(=O)NCCOc3ccc(CC)cc3)cc2)S(C)(=O)=O)cc1. The largest absolute Gasteiger partial charge is 0.492 e. The van der Waals surface area contributed by atoms with Gasteiger partial charge in [0.25, 0.3) is 5.91 Å². The Labute approximate surface area is 215 Å². The van der Waals surface area contributed by atoms with E-state index in [9.17, 15) is 13.2 Å². The number of hydrogen-bond donors (Lipinski definition) is 1. The summed E-state index contributed by atoms with van der Waals surface area (Å²) in [6.07, 6.45) is 5.40. The topological polar surface area (TPSA) is 75.7 Å². The average molecular weight is 509 g/mol. The van der Waals surface area contributed by atoms with Crippen molar-refractivity contribution in [1.29, 1.82) is 0 Å². The van der Waals surface area contributed by atoms with Crippen LogP contribution in [0.5, 0.6) is 5.75 Å². The minimum Gasteiger partial charge on any atom is -0.492 e. The van der Waals surface area contributed by atoms with Crippen molar-refractivity contribution in [1.82, 2.24) is 5.32 Å². The highest BCUT2D eigenvalue weighted by Crippen LogP contribution is 2.22. The van der Waals surface area contributed by atoms with Crippen LogP contribution in [0.4, 0.5) is 5.69 Å². The van der Waals surface area contributed by atoms with Crippen LogP contribution in [0.25, 0.3) is 0 Å². The van der Waals surface area contributed by atoms with E-state index in [2.05, 4.69) is 19.2 Å². The van der Waals surface area contributed by atoms with Crippen molar-refractivity contribution in [2.75, 3.05) is 23.7 Å². The molecule has 0 radical (unpaired) electrons. The molecule has 6 nitrogen and oxygen atoms in total. The summed E-state index contributed by atoms with van der Waals surface area (Å²) in [6, 6.07) is 22.6.